The minimum Gasteiger partial charge on any atom is -0.425 e. The molecule has 0 aliphatic carbocycles. The second-order valence-electron chi connectivity index (χ2n) is 4.65. The van der Waals surface area contributed by atoms with Crippen molar-refractivity contribution in [3.8, 4) is 0 Å². The van der Waals surface area contributed by atoms with E-state index in [1.54, 1.807) is 6.20 Å². The topological polar surface area (TPSA) is 55.1 Å². The van der Waals surface area contributed by atoms with Gasteiger partial charge < -0.3 is 5.21 Å². The van der Waals surface area contributed by atoms with Gasteiger partial charge in [0.1, 0.15) is 5.69 Å². The summed E-state index contributed by atoms with van der Waals surface area (Å²) in [4.78, 5) is 16.0. The largest absolute Gasteiger partial charge is 0.425 e. The molecule has 0 aliphatic rings. The van der Waals surface area contributed by atoms with E-state index in [0.717, 1.165) is 11.2 Å². The molecule has 0 fully saturated rings. The van der Waals surface area contributed by atoms with Crippen LogP contribution in [0.2, 0.25) is 0 Å². The van der Waals surface area contributed by atoms with Crippen molar-refractivity contribution in [1.29, 1.82) is 0 Å². The first-order valence-corrected chi connectivity index (χ1v) is 5.77. The lowest BCUT2D eigenvalue weighted by molar-refractivity contribution is 0.158. The molecule has 0 aliphatic heterocycles. The zero-order valence-electron chi connectivity index (χ0n) is 10.4. The van der Waals surface area contributed by atoms with Crippen LogP contribution < -0.4 is 5.56 Å². The molecule has 1 aromatic rings. The lowest BCUT2D eigenvalue weighted by Gasteiger charge is -2.13. The van der Waals surface area contributed by atoms with Crippen molar-refractivity contribution in [1.82, 2.24) is 9.71 Å². The summed E-state index contributed by atoms with van der Waals surface area (Å²) in [7, 11) is 0. The Labute approximate surface area is 95.9 Å². The highest BCUT2D eigenvalue weighted by Gasteiger charge is 2.14. The van der Waals surface area contributed by atoms with Crippen molar-refractivity contribution >= 4 is 0 Å². The van der Waals surface area contributed by atoms with Crippen LogP contribution >= 0.6 is 0 Å². The first-order valence-electron chi connectivity index (χ1n) is 5.77. The van der Waals surface area contributed by atoms with Gasteiger partial charge in [-0.05, 0) is 18.8 Å². The van der Waals surface area contributed by atoms with Crippen LogP contribution in [0.3, 0.4) is 0 Å². The molecule has 90 valence electrons. The minimum atomic E-state index is -0.383. The Hall–Kier alpha value is -1.32. The number of hydrogen-bond donors (Lipinski definition) is 1. The zero-order valence-corrected chi connectivity index (χ0v) is 10.4. The lowest BCUT2D eigenvalue weighted by Crippen LogP contribution is -2.28. The van der Waals surface area contributed by atoms with Crippen molar-refractivity contribution in [2.45, 2.75) is 46.5 Å². The molecule has 4 heteroatoms. The van der Waals surface area contributed by atoms with Gasteiger partial charge in [0.25, 0.3) is 0 Å². The molecular weight excluding hydrogens is 204 g/mol. The average molecular weight is 224 g/mol. The standard InChI is InChI=1S/C12H20N2O2/c1-5-9(4)11-7-13-10(6-8(2)3)12(15)14(11)16/h7-9,16H,5-6H2,1-4H3/t9-/m1/s1. The summed E-state index contributed by atoms with van der Waals surface area (Å²) in [6, 6.07) is 0. The summed E-state index contributed by atoms with van der Waals surface area (Å²) in [5.41, 5.74) is 0.635. The number of aromatic nitrogens is 2. The van der Waals surface area contributed by atoms with E-state index in [2.05, 4.69) is 4.98 Å². The average Bonchev–Trinajstić information content (AvgIpc) is 2.23. The highest BCUT2D eigenvalue weighted by Crippen LogP contribution is 2.15. The highest BCUT2D eigenvalue weighted by molar-refractivity contribution is 5.08. The Morgan fingerprint density at radius 1 is 1.44 bits per heavy atom. The van der Waals surface area contributed by atoms with Crippen LogP contribution in [0.25, 0.3) is 0 Å². The molecule has 16 heavy (non-hydrogen) atoms. The van der Waals surface area contributed by atoms with E-state index in [1.165, 1.54) is 0 Å². The molecule has 0 amide bonds. The summed E-state index contributed by atoms with van der Waals surface area (Å²) in [5.74, 6) is 0.493. The first-order chi connectivity index (χ1) is 7.47. The van der Waals surface area contributed by atoms with Crippen LogP contribution in [0, 0.1) is 5.92 Å². The molecular formula is C12H20N2O2. The molecule has 0 aromatic carbocycles. The van der Waals surface area contributed by atoms with Crippen LogP contribution in [0.4, 0.5) is 0 Å². The molecule has 0 saturated heterocycles. The molecule has 0 bridgehead atoms. The van der Waals surface area contributed by atoms with Gasteiger partial charge in [-0.25, -0.2) is 0 Å². The van der Waals surface area contributed by atoms with E-state index in [1.807, 2.05) is 27.7 Å². The third-order valence-corrected chi connectivity index (χ3v) is 2.76. The van der Waals surface area contributed by atoms with E-state index in [0.29, 0.717) is 23.7 Å². The number of hydrogen-bond acceptors (Lipinski definition) is 3. The van der Waals surface area contributed by atoms with E-state index in [9.17, 15) is 10.0 Å². The quantitative estimate of drug-likeness (QED) is 0.798. The van der Waals surface area contributed by atoms with Gasteiger partial charge >= 0.3 is 5.56 Å². The van der Waals surface area contributed by atoms with Gasteiger partial charge in [-0.15, -0.1) is 4.73 Å². The fourth-order valence-corrected chi connectivity index (χ4v) is 1.57. The SMILES string of the molecule is CC[C@@H](C)c1cnc(CC(C)C)c(=O)n1O. The Bertz CT molecular complexity index is 410. The third kappa shape index (κ3) is 2.62. The highest BCUT2D eigenvalue weighted by atomic mass is 16.5. The zero-order chi connectivity index (χ0) is 12.3. The minimum absolute atomic E-state index is 0.137. The monoisotopic (exact) mass is 224 g/mol. The van der Waals surface area contributed by atoms with Gasteiger partial charge in [0.05, 0.1) is 11.9 Å². The smallest absolute Gasteiger partial charge is 0.304 e. The van der Waals surface area contributed by atoms with E-state index in [4.69, 9.17) is 0 Å². The third-order valence-electron chi connectivity index (χ3n) is 2.76. The summed E-state index contributed by atoms with van der Waals surface area (Å²) < 4.78 is 0.749. The maximum absolute atomic E-state index is 11.8. The van der Waals surface area contributed by atoms with Gasteiger partial charge in [-0.2, -0.15) is 0 Å². The normalized spacial score (nSPS) is 13.1. The number of nitrogens with zero attached hydrogens (tertiary/aromatic N) is 2. The maximum atomic E-state index is 11.8. The summed E-state index contributed by atoms with van der Waals surface area (Å²) in [6.07, 6.45) is 3.07. The van der Waals surface area contributed by atoms with Gasteiger partial charge in [0.2, 0.25) is 0 Å². The van der Waals surface area contributed by atoms with Crippen LogP contribution in [0.1, 0.15) is 51.4 Å². The van der Waals surface area contributed by atoms with Crippen molar-refractivity contribution in [2.75, 3.05) is 0 Å². The Morgan fingerprint density at radius 2 is 2.06 bits per heavy atom. The van der Waals surface area contributed by atoms with Crippen molar-refractivity contribution in [3.63, 3.8) is 0 Å². The van der Waals surface area contributed by atoms with Gasteiger partial charge in [-0.1, -0.05) is 27.7 Å². The summed E-state index contributed by atoms with van der Waals surface area (Å²) >= 11 is 0. The van der Waals surface area contributed by atoms with Gasteiger partial charge in [0, 0.05) is 5.92 Å². The molecule has 1 heterocycles. The Kier molecular flexibility index (Phi) is 4.10. The predicted molar refractivity (Wildman–Crippen MR) is 62.9 cm³/mol. The lowest BCUT2D eigenvalue weighted by atomic mass is 10.0. The Balaban J connectivity index is 3.13. The molecule has 0 unspecified atom stereocenters. The van der Waals surface area contributed by atoms with Crippen LogP contribution in [-0.4, -0.2) is 14.9 Å². The first kappa shape index (κ1) is 12.7. The molecule has 1 N–H and O–H groups in total. The predicted octanol–water partition coefficient (Wildman–Crippen LogP) is 2.19. The van der Waals surface area contributed by atoms with Crippen molar-refractivity contribution in [3.05, 3.63) is 27.9 Å². The van der Waals surface area contributed by atoms with Crippen LogP contribution in [0.5, 0.6) is 0 Å². The molecule has 1 atom stereocenters. The van der Waals surface area contributed by atoms with E-state index < -0.39 is 0 Å². The Morgan fingerprint density at radius 3 is 2.56 bits per heavy atom. The fourth-order valence-electron chi connectivity index (χ4n) is 1.57. The maximum Gasteiger partial charge on any atom is 0.304 e. The molecule has 4 nitrogen and oxygen atoms in total. The number of rotatable bonds is 4. The fraction of sp³-hybridized carbons (Fsp3) is 0.667. The van der Waals surface area contributed by atoms with Gasteiger partial charge in [0.15, 0.2) is 0 Å². The van der Waals surface area contributed by atoms with Crippen LogP contribution in [-0.2, 0) is 6.42 Å². The second kappa shape index (κ2) is 5.14. The molecule has 0 saturated carbocycles. The van der Waals surface area contributed by atoms with E-state index >= 15 is 0 Å². The van der Waals surface area contributed by atoms with Gasteiger partial charge in [-0.3, -0.25) is 9.78 Å². The van der Waals surface area contributed by atoms with Crippen LogP contribution in [0.15, 0.2) is 11.0 Å². The second-order valence-corrected chi connectivity index (χ2v) is 4.65. The van der Waals surface area contributed by atoms with Crippen molar-refractivity contribution in [2.24, 2.45) is 5.92 Å². The molecule has 1 rings (SSSR count). The molecule has 1 aromatic heterocycles. The molecule has 0 radical (unpaired) electrons. The van der Waals surface area contributed by atoms with E-state index in [-0.39, 0.29) is 11.5 Å². The van der Waals surface area contributed by atoms with Crippen molar-refractivity contribution < 1.29 is 5.21 Å². The summed E-state index contributed by atoms with van der Waals surface area (Å²) in [6.45, 7) is 8.01. The molecule has 0 spiro atoms. The summed E-state index contributed by atoms with van der Waals surface area (Å²) in [5, 5.41) is 9.76.